The molecule has 0 saturated heterocycles. The van der Waals surface area contributed by atoms with Gasteiger partial charge in [0.1, 0.15) is 11.3 Å². The predicted molar refractivity (Wildman–Crippen MR) is 67.6 cm³/mol. The maximum atomic E-state index is 11.7. The highest BCUT2D eigenvalue weighted by Crippen LogP contribution is 2.32. The molecule has 0 aliphatic rings. The van der Waals surface area contributed by atoms with Gasteiger partial charge in [-0.1, -0.05) is 12.1 Å². The number of para-hydroxylation sites is 1. The summed E-state index contributed by atoms with van der Waals surface area (Å²) in [7, 11) is 2.88. The topological polar surface area (TPSA) is 48.4 Å². The van der Waals surface area contributed by atoms with Gasteiger partial charge in [-0.15, -0.1) is 0 Å². The number of esters is 1. The fourth-order valence-electron chi connectivity index (χ4n) is 1.79. The van der Waals surface area contributed by atoms with E-state index < -0.39 is 5.97 Å². The maximum absolute atomic E-state index is 11.7. The average Bonchev–Trinajstić information content (AvgIpc) is 2.46. The molecule has 1 aromatic carbocycles. The molecule has 2 aromatic rings. The number of nitrogens with zero attached hydrogens (tertiary/aromatic N) is 1. The molecule has 1 aromatic heterocycles. The van der Waals surface area contributed by atoms with E-state index in [9.17, 15) is 4.79 Å². The number of hydrogen-bond donors (Lipinski definition) is 0. The van der Waals surface area contributed by atoms with Crippen LogP contribution in [0.2, 0.25) is 0 Å². The molecule has 1 heterocycles. The second-order valence-corrected chi connectivity index (χ2v) is 3.61. The first-order valence-corrected chi connectivity index (χ1v) is 5.43. The number of hydrogen-bond acceptors (Lipinski definition) is 4. The van der Waals surface area contributed by atoms with Crippen molar-refractivity contribution in [1.29, 1.82) is 0 Å². The summed E-state index contributed by atoms with van der Waals surface area (Å²) < 4.78 is 10.1. The van der Waals surface area contributed by atoms with Crippen LogP contribution in [-0.2, 0) is 4.74 Å². The van der Waals surface area contributed by atoms with Gasteiger partial charge in [-0.25, -0.2) is 4.79 Å². The van der Waals surface area contributed by atoms with Crippen molar-refractivity contribution in [2.24, 2.45) is 0 Å². The zero-order chi connectivity index (χ0) is 13.0. The summed E-state index contributed by atoms with van der Waals surface area (Å²) in [6.45, 7) is 0. The summed E-state index contributed by atoms with van der Waals surface area (Å²) in [5, 5.41) is 0. The molecule has 0 bridgehead atoms. The normalized spacial score (nSPS) is 9.89. The van der Waals surface area contributed by atoms with Crippen molar-refractivity contribution < 1.29 is 14.3 Å². The smallest absolute Gasteiger partial charge is 0.341 e. The zero-order valence-electron chi connectivity index (χ0n) is 10.2. The largest absolute Gasteiger partial charge is 0.495 e. The number of rotatable bonds is 3. The standard InChI is InChI=1S/C14H13NO3/c1-17-13-11(10-6-8-15-9-7-10)4-3-5-12(13)14(16)18-2/h3-9H,1-2H3. The molecule has 0 aliphatic heterocycles. The highest BCUT2D eigenvalue weighted by atomic mass is 16.5. The first kappa shape index (κ1) is 12.1. The van der Waals surface area contributed by atoms with Gasteiger partial charge in [0.05, 0.1) is 14.2 Å². The Hall–Kier alpha value is -2.36. The third-order valence-corrected chi connectivity index (χ3v) is 2.62. The van der Waals surface area contributed by atoms with E-state index in [0.717, 1.165) is 11.1 Å². The molecule has 0 amide bonds. The molecule has 4 nitrogen and oxygen atoms in total. The molecular weight excluding hydrogens is 230 g/mol. The Balaban J connectivity index is 2.59. The van der Waals surface area contributed by atoms with Crippen molar-refractivity contribution in [3.63, 3.8) is 0 Å². The predicted octanol–water partition coefficient (Wildman–Crippen LogP) is 2.54. The molecule has 0 aliphatic carbocycles. The highest BCUT2D eigenvalue weighted by Gasteiger charge is 2.16. The quantitative estimate of drug-likeness (QED) is 0.777. The van der Waals surface area contributed by atoms with E-state index in [1.807, 2.05) is 18.2 Å². The molecule has 0 saturated carbocycles. The molecule has 2 rings (SSSR count). The lowest BCUT2D eigenvalue weighted by Crippen LogP contribution is -2.04. The van der Waals surface area contributed by atoms with Crippen LogP contribution in [0, 0.1) is 0 Å². The number of pyridine rings is 1. The van der Waals surface area contributed by atoms with Crippen LogP contribution in [0.1, 0.15) is 10.4 Å². The van der Waals surface area contributed by atoms with Crippen LogP contribution in [0.25, 0.3) is 11.1 Å². The Morgan fingerprint density at radius 1 is 1.11 bits per heavy atom. The Morgan fingerprint density at radius 3 is 2.44 bits per heavy atom. The van der Waals surface area contributed by atoms with Gasteiger partial charge < -0.3 is 9.47 Å². The summed E-state index contributed by atoms with van der Waals surface area (Å²) in [6.07, 6.45) is 3.39. The third-order valence-electron chi connectivity index (χ3n) is 2.62. The monoisotopic (exact) mass is 243 g/mol. The first-order chi connectivity index (χ1) is 8.77. The number of ether oxygens (including phenoxy) is 2. The van der Waals surface area contributed by atoms with E-state index in [0.29, 0.717) is 11.3 Å². The average molecular weight is 243 g/mol. The molecular formula is C14H13NO3. The van der Waals surface area contributed by atoms with Gasteiger partial charge in [0.25, 0.3) is 0 Å². The minimum atomic E-state index is -0.414. The molecule has 0 spiro atoms. The third kappa shape index (κ3) is 2.18. The second kappa shape index (κ2) is 5.31. The first-order valence-electron chi connectivity index (χ1n) is 5.43. The van der Waals surface area contributed by atoms with Crippen molar-refractivity contribution in [3.05, 3.63) is 48.3 Å². The lowest BCUT2D eigenvalue weighted by Gasteiger charge is -2.12. The fraction of sp³-hybridized carbons (Fsp3) is 0.143. The lowest BCUT2D eigenvalue weighted by molar-refractivity contribution is 0.0597. The van der Waals surface area contributed by atoms with Crippen LogP contribution in [0.5, 0.6) is 5.75 Å². The number of carbonyl (C=O) groups excluding carboxylic acids is 1. The van der Waals surface area contributed by atoms with E-state index >= 15 is 0 Å². The molecule has 0 radical (unpaired) electrons. The minimum absolute atomic E-state index is 0.411. The molecule has 0 unspecified atom stereocenters. The van der Waals surface area contributed by atoms with E-state index in [1.165, 1.54) is 14.2 Å². The summed E-state index contributed by atoms with van der Waals surface area (Å²) in [5.41, 5.74) is 2.18. The van der Waals surface area contributed by atoms with Gasteiger partial charge in [-0.2, -0.15) is 0 Å². The van der Waals surface area contributed by atoms with Crippen LogP contribution in [0.3, 0.4) is 0 Å². The van der Waals surface area contributed by atoms with Crippen molar-refractivity contribution in [2.45, 2.75) is 0 Å². The highest BCUT2D eigenvalue weighted by molar-refractivity contribution is 5.95. The Labute approximate surface area is 105 Å². The van der Waals surface area contributed by atoms with Crippen molar-refractivity contribution in [1.82, 2.24) is 4.98 Å². The van der Waals surface area contributed by atoms with Crippen LogP contribution in [0.15, 0.2) is 42.7 Å². The number of benzene rings is 1. The zero-order valence-corrected chi connectivity index (χ0v) is 10.2. The van der Waals surface area contributed by atoms with Crippen molar-refractivity contribution in [3.8, 4) is 16.9 Å². The van der Waals surface area contributed by atoms with Crippen molar-refractivity contribution in [2.75, 3.05) is 14.2 Å². The number of methoxy groups -OCH3 is 2. The molecule has 4 heteroatoms. The molecule has 18 heavy (non-hydrogen) atoms. The molecule has 92 valence electrons. The van der Waals surface area contributed by atoms with Gasteiger partial charge in [-0.3, -0.25) is 4.98 Å². The summed E-state index contributed by atoms with van der Waals surface area (Å²) in [6, 6.07) is 9.08. The number of aromatic nitrogens is 1. The fourth-order valence-corrected chi connectivity index (χ4v) is 1.79. The van der Waals surface area contributed by atoms with Gasteiger partial charge in [0, 0.05) is 18.0 Å². The summed E-state index contributed by atoms with van der Waals surface area (Å²) >= 11 is 0. The molecule has 0 fully saturated rings. The Morgan fingerprint density at radius 2 is 1.83 bits per heavy atom. The van der Waals surface area contributed by atoms with E-state index in [2.05, 4.69) is 4.98 Å². The second-order valence-electron chi connectivity index (χ2n) is 3.61. The van der Waals surface area contributed by atoms with E-state index in [4.69, 9.17) is 9.47 Å². The van der Waals surface area contributed by atoms with Crippen LogP contribution >= 0.6 is 0 Å². The van der Waals surface area contributed by atoms with Gasteiger partial charge in [-0.05, 0) is 23.8 Å². The van der Waals surface area contributed by atoms with Crippen LogP contribution in [-0.4, -0.2) is 25.2 Å². The summed E-state index contributed by atoms with van der Waals surface area (Å²) in [5.74, 6) is 0.0957. The minimum Gasteiger partial charge on any atom is -0.495 e. The van der Waals surface area contributed by atoms with Gasteiger partial charge >= 0.3 is 5.97 Å². The maximum Gasteiger partial charge on any atom is 0.341 e. The van der Waals surface area contributed by atoms with Gasteiger partial charge in [0.15, 0.2) is 0 Å². The Kier molecular flexibility index (Phi) is 3.57. The lowest BCUT2D eigenvalue weighted by atomic mass is 10.0. The Bertz CT molecular complexity index is 552. The SMILES string of the molecule is COC(=O)c1cccc(-c2ccncc2)c1OC. The summed E-state index contributed by atoms with van der Waals surface area (Å²) in [4.78, 5) is 15.6. The molecule has 0 atom stereocenters. The van der Waals surface area contributed by atoms with E-state index in [-0.39, 0.29) is 0 Å². The van der Waals surface area contributed by atoms with Crippen LogP contribution in [0.4, 0.5) is 0 Å². The number of carbonyl (C=O) groups is 1. The van der Waals surface area contributed by atoms with E-state index in [1.54, 1.807) is 24.5 Å². The van der Waals surface area contributed by atoms with Crippen LogP contribution < -0.4 is 4.74 Å². The molecule has 0 N–H and O–H groups in total. The van der Waals surface area contributed by atoms with Gasteiger partial charge in [0.2, 0.25) is 0 Å². The van der Waals surface area contributed by atoms with Crippen molar-refractivity contribution >= 4 is 5.97 Å².